The summed E-state index contributed by atoms with van der Waals surface area (Å²) in [4.78, 5) is 11.1. The summed E-state index contributed by atoms with van der Waals surface area (Å²) in [5.41, 5.74) is 0. The van der Waals surface area contributed by atoms with Gasteiger partial charge in [-0.2, -0.15) is 0 Å². The minimum Gasteiger partial charge on any atom is -0.314 e. The van der Waals surface area contributed by atoms with Crippen molar-refractivity contribution in [3.8, 4) is 0 Å². The van der Waals surface area contributed by atoms with E-state index in [1.54, 1.807) is 6.92 Å². The SMILES string of the molecule is CC.CCC(CC)NCCCC(NC)C(C)=O. The topological polar surface area (TPSA) is 41.1 Å². The number of nitrogens with one attached hydrogen (secondary N) is 2. The highest BCUT2D eigenvalue weighted by Crippen LogP contribution is 2.00. The average Bonchev–Trinajstić information content (AvgIpc) is 2.36. The first-order valence-corrected chi connectivity index (χ1v) is 7.06. The van der Waals surface area contributed by atoms with Gasteiger partial charge in [-0.05, 0) is 46.2 Å². The third-order valence-corrected chi connectivity index (χ3v) is 2.93. The first-order valence-electron chi connectivity index (χ1n) is 7.06. The van der Waals surface area contributed by atoms with Gasteiger partial charge in [0.2, 0.25) is 0 Å². The van der Waals surface area contributed by atoms with Crippen LogP contribution in [0.3, 0.4) is 0 Å². The fourth-order valence-corrected chi connectivity index (χ4v) is 1.74. The smallest absolute Gasteiger partial charge is 0.146 e. The van der Waals surface area contributed by atoms with Gasteiger partial charge in [0.05, 0.1) is 6.04 Å². The average molecular weight is 244 g/mol. The molecule has 1 unspecified atom stereocenters. The molecule has 0 aliphatic carbocycles. The first kappa shape index (κ1) is 18.9. The van der Waals surface area contributed by atoms with Gasteiger partial charge in [-0.3, -0.25) is 4.79 Å². The molecule has 0 heterocycles. The maximum Gasteiger partial charge on any atom is 0.146 e. The number of carbonyl (C=O) groups excluding carboxylic acids is 1. The number of rotatable bonds is 9. The summed E-state index contributed by atoms with van der Waals surface area (Å²) in [6, 6.07) is 0.670. The molecule has 0 aromatic rings. The van der Waals surface area contributed by atoms with Crippen molar-refractivity contribution >= 4 is 5.78 Å². The van der Waals surface area contributed by atoms with Crippen LogP contribution in [0.5, 0.6) is 0 Å². The van der Waals surface area contributed by atoms with Gasteiger partial charge in [0.15, 0.2) is 0 Å². The summed E-state index contributed by atoms with van der Waals surface area (Å²) in [5.74, 6) is 0.236. The van der Waals surface area contributed by atoms with E-state index < -0.39 is 0 Å². The van der Waals surface area contributed by atoms with Gasteiger partial charge in [-0.25, -0.2) is 0 Å². The molecular formula is C14H32N2O. The van der Waals surface area contributed by atoms with Crippen molar-refractivity contribution in [1.82, 2.24) is 10.6 Å². The highest BCUT2D eigenvalue weighted by molar-refractivity contribution is 5.81. The van der Waals surface area contributed by atoms with E-state index in [4.69, 9.17) is 0 Å². The van der Waals surface area contributed by atoms with Crippen molar-refractivity contribution in [1.29, 1.82) is 0 Å². The normalized spacial score (nSPS) is 11.9. The standard InChI is InChI=1S/C12H26N2O.C2H6/c1-5-11(6-2)14-9-7-8-12(13-4)10(3)15;1-2/h11-14H,5-9H2,1-4H3;1-2H3. The molecule has 0 rings (SSSR count). The second-order valence-corrected chi connectivity index (χ2v) is 4.06. The third-order valence-electron chi connectivity index (χ3n) is 2.93. The van der Waals surface area contributed by atoms with Crippen LogP contribution in [0.1, 0.15) is 60.3 Å². The summed E-state index contributed by atoms with van der Waals surface area (Å²) in [6.45, 7) is 11.1. The minimum atomic E-state index is 0.0357. The number of carbonyl (C=O) groups is 1. The van der Waals surface area contributed by atoms with Crippen LogP contribution in [0.2, 0.25) is 0 Å². The molecule has 0 saturated carbocycles. The van der Waals surface area contributed by atoms with Crippen molar-refractivity contribution < 1.29 is 4.79 Å². The Morgan fingerprint density at radius 1 is 1.18 bits per heavy atom. The van der Waals surface area contributed by atoms with E-state index >= 15 is 0 Å². The van der Waals surface area contributed by atoms with Gasteiger partial charge < -0.3 is 10.6 Å². The van der Waals surface area contributed by atoms with Gasteiger partial charge >= 0.3 is 0 Å². The van der Waals surface area contributed by atoms with Crippen LogP contribution in [0, 0.1) is 0 Å². The Morgan fingerprint density at radius 3 is 2.06 bits per heavy atom. The van der Waals surface area contributed by atoms with Crippen LogP contribution in [0.15, 0.2) is 0 Å². The van der Waals surface area contributed by atoms with Crippen LogP contribution < -0.4 is 10.6 Å². The maximum absolute atomic E-state index is 11.1. The van der Waals surface area contributed by atoms with E-state index in [-0.39, 0.29) is 11.8 Å². The Morgan fingerprint density at radius 2 is 1.71 bits per heavy atom. The molecule has 17 heavy (non-hydrogen) atoms. The lowest BCUT2D eigenvalue weighted by Crippen LogP contribution is -2.34. The molecule has 3 heteroatoms. The first-order chi connectivity index (χ1) is 8.15. The molecule has 0 aliphatic heterocycles. The van der Waals surface area contributed by atoms with Crippen LogP contribution in [0.4, 0.5) is 0 Å². The number of hydrogen-bond acceptors (Lipinski definition) is 3. The number of hydrogen-bond donors (Lipinski definition) is 2. The lowest BCUT2D eigenvalue weighted by Gasteiger charge is -2.16. The van der Waals surface area contributed by atoms with Crippen molar-refractivity contribution in [3.05, 3.63) is 0 Å². The lowest BCUT2D eigenvalue weighted by atomic mass is 10.1. The lowest BCUT2D eigenvalue weighted by molar-refractivity contribution is -0.119. The molecule has 3 nitrogen and oxygen atoms in total. The fourth-order valence-electron chi connectivity index (χ4n) is 1.74. The molecule has 0 radical (unpaired) electrons. The van der Waals surface area contributed by atoms with Crippen molar-refractivity contribution in [2.45, 2.75) is 72.4 Å². The summed E-state index contributed by atoms with van der Waals surface area (Å²) in [7, 11) is 1.85. The Labute approximate surface area is 108 Å². The Hall–Kier alpha value is -0.410. The molecule has 0 aromatic heterocycles. The predicted molar refractivity (Wildman–Crippen MR) is 76.5 cm³/mol. The largest absolute Gasteiger partial charge is 0.314 e. The van der Waals surface area contributed by atoms with Crippen LogP contribution in [-0.2, 0) is 4.79 Å². The monoisotopic (exact) mass is 244 g/mol. The predicted octanol–water partition coefficient (Wildman–Crippen LogP) is 2.75. The Kier molecular flexibility index (Phi) is 15.2. The van der Waals surface area contributed by atoms with Gasteiger partial charge in [0, 0.05) is 6.04 Å². The van der Waals surface area contributed by atoms with Crippen LogP contribution in [0.25, 0.3) is 0 Å². The van der Waals surface area contributed by atoms with Gasteiger partial charge in [-0.1, -0.05) is 27.7 Å². The zero-order valence-corrected chi connectivity index (χ0v) is 12.6. The second kappa shape index (κ2) is 13.7. The molecule has 0 saturated heterocycles. The zero-order chi connectivity index (χ0) is 13.7. The molecule has 1 atom stereocenters. The van der Waals surface area contributed by atoms with E-state index in [0.717, 1.165) is 19.4 Å². The summed E-state index contributed by atoms with van der Waals surface area (Å²) in [6.07, 6.45) is 4.35. The van der Waals surface area contributed by atoms with E-state index in [1.807, 2.05) is 20.9 Å². The Balaban J connectivity index is 0. The number of ketones is 1. The highest BCUT2D eigenvalue weighted by atomic mass is 16.1. The summed E-state index contributed by atoms with van der Waals surface area (Å²) < 4.78 is 0. The zero-order valence-electron chi connectivity index (χ0n) is 12.6. The molecule has 0 bridgehead atoms. The van der Waals surface area contributed by atoms with E-state index in [2.05, 4.69) is 24.5 Å². The molecule has 0 aromatic carbocycles. The Bertz CT molecular complexity index is 168. The molecule has 0 fully saturated rings. The van der Waals surface area contributed by atoms with Crippen molar-refractivity contribution in [3.63, 3.8) is 0 Å². The molecule has 0 spiro atoms. The maximum atomic E-state index is 11.1. The highest BCUT2D eigenvalue weighted by Gasteiger charge is 2.10. The minimum absolute atomic E-state index is 0.0357. The third kappa shape index (κ3) is 10.5. The van der Waals surface area contributed by atoms with Crippen LogP contribution >= 0.6 is 0 Å². The van der Waals surface area contributed by atoms with E-state index in [0.29, 0.717) is 6.04 Å². The van der Waals surface area contributed by atoms with Gasteiger partial charge in [-0.15, -0.1) is 0 Å². The summed E-state index contributed by atoms with van der Waals surface area (Å²) in [5, 5.41) is 6.54. The number of Topliss-reactive ketones (excluding diaryl/α,β-unsaturated/α-hetero) is 1. The van der Waals surface area contributed by atoms with E-state index in [1.165, 1.54) is 12.8 Å². The molecule has 0 aliphatic rings. The van der Waals surface area contributed by atoms with Crippen LogP contribution in [-0.4, -0.2) is 31.5 Å². The summed E-state index contributed by atoms with van der Waals surface area (Å²) >= 11 is 0. The quantitative estimate of drug-likeness (QED) is 0.613. The number of likely N-dealkylation sites (N-methyl/N-ethyl adjacent to an activating group) is 1. The second-order valence-electron chi connectivity index (χ2n) is 4.06. The van der Waals surface area contributed by atoms with Crippen molar-refractivity contribution in [2.75, 3.05) is 13.6 Å². The molecule has 2 N–H and O–H groups in total. The van der Waals surface area contributed by atoms with Crippen molar-refractivity contribution in [2.24, 2.45) is 0 Å². The molecular weight excluding hydrogens is 212 g/mol. The van der Waals surface area contributed by atoms with Gasteiger partial charge in [0.1, 0.15) is 5.78 Å². The van der Waals surface area contributed by atoms with Gasteiger partial charge in [0.25, 0.3) is 0 Å². The molecule has 104 valence electrons. The fraction of sp³-hybridized carbons (Fsp3) is 0.929. The van der Waals surface area contributed by atoms with E-state index in [9.17, 15) is 4.79 Å². The molecule has 0 amide bonds.